The van der Waals surface area contributed by atoms with Crippen molar-refractivity contribution >= 4 is 44.6 Å². The Morgan fingerprint density at radius 1 is 1.15 bits per heavy atom. The predicted octanol–water partition coefficient (Wildman–Crippen LogP) is 5.04. The highest BCUT2D eigenvalue weighted by atomic mass is 32.1. The summed E-state index contributed by atoms with van der Waals surface area (Å²) in [7, 11) is 0. The minimum atomic E-state index is 0.0705. The maximum Gasteiger partial charge on any atom is 0.223 e. The molecule has 3 aromatic rings. The number of aryl methyl sites for hydroxylation is 1. The summed E-state index contributed by atoms with van der Waals surface area (Å²) in [5.41, 5.74) is 1.04. The van der Waals surface area contributed by atoms with E-state index in [9.17, 15) is 9.59 Å². The van der Waals surface area contributed by atoms with E-state index in [1.54, 1.807) is 11.3 Å². The molecule has 1 aliphatic heterocycles. The largest absolute Gasteiger partial charge is 0.342 e. The van der Waals surface area contributed by atoms with E-state index in [0.29, 0.717) is 25.3 Å². The first-order valence-corrected chi connectivity index (χ1v) is 11.0. The third-order valence-corrected chi connectivity index (χ3v) is 7.26. The number of hydrogen-bond acceptors (Lipinski definition) is 5. The van der Waals surface area contributed by atoms with Crippen molar-refractivity contribution in [1.29, 1.82) is 0 Å². The van der Waals surface area contributed by atoms with Crippen molar-refractivity contribution in [3.05, 3.63) is 51.2 Å². The number of thiophene rings is 1. The van der Waals surface area contributed by atoms with Gasteiger partial charge in [-0.15, -0.1) is 22.7 Å². The Labute approximate surface area is 166 Å². The van der Waals surface area contributed by atoms with Gasteiger partial charge in [-0.25, -0.2) is 4.98 Å². The topological polar surface area (TPSA) is 50.3 Å². The average molecular weight is 399 g/mol. The Kier molecular flexibility index (Phi) is 5.36. The van der Waals surface area contributed by atoms with Gasteiger partial charge in [0.1, 0.15) is 0 Å². The summed E-state index contributed by atoms with van der Waals surface area (Å²) in [5.74, 6) is 0.458. The molecule has 140 valence electrons. The fourth-order valence-corrected chi connectivity index (χ4v) is 5.48. The van der Waals surface area contributed by atoms with Crippen LogP contribution in [-0.4, -0.2) is 34.7 Å². The smallest absolute Gasteiger partial charge is 0.223 e. The summed E-state index contributed by atoms with van der Waals surface area (Å²) in [6.07, 6.45) is 2.64. The zero-order chi connectivity index (χ0) is 18.8. The zero-order valence-electron chi connectivity index (χ0n) is 15.3. The number of likely N-dealkylation sites (tertiary alicyclic amines) is 1. The number of para-hydroxylation sites is 1. The molecule has 4 nitrogen and oxygen atoms in total. The van der Waals surface area contributed by atoms with Gasteiger partial charge in [0.25, 0.3) is 0 Å². The number of rotatable bonds is 5. The van der Waals surface area contributed by atoms with Crippen molar-refractivity contribution in [2.75, 3.05) is 13.1 Å². The summed E-state index contributed by atoms with van der Waals surface area (Å²) in [6, 6.07) is 12.0. The number of nitrogens with zero attached hydrogens (tertiary/aromatic N) is 2. The van der Waals surface area contributed by atoms with E-state index in [2.05, 4.69) is 6.07 Å². The van der Waals surface area contributed by atoms with Crippen LogP contribution in [0.25, 0.3) is 10.2 Å². The van der Waals surface area contributed by atoms with Crippen LogP contribution in [0, 0.1) is 6.92 Å². The fourth-order valence-electron chi connectivity index (χ4n) is 3.56. The van der Waals surface area contributed by atoms with Gasteiger partial charge in [-0.05, 0) is 44.0 Å². The summed E-state index contributed by atoms with van der Waals surface area (Å²) in [6.45, 7) is 3.49. The maximum atomic E-state index is 12.6. The first kappa shape index (κ1) is 18.3. The number of aromatic nitrogens is 1. The minimum absolute atomic E-state index is 0.0705. The Morgan fingerprint density at radius 2 is 2.00 bits per heavy atom. The Balaban J connectivity index is 1.37. The lowest BCUT2D eigenvalue weighted by molar-refractivity contribution is -0.132. The first-order chi connectivity index (χ1) is 13.1. The molecule has 4 rings (SSSR count). The number of ketones is 1. The Hall–Kier alpha value is -2.05. The van der Waals surface area contributed by atoms with Crippen molar-refractivity contribution in [2.45, 2.75) is 38.5 Å². The summed E-state index contributed by atoms with van der Waals surface area (Å²) >= 11 is 3.23. The first-order valence-electron chi connectivity index (χ1n) is 9.33. The van der Waals surface area contributed by atoms with Crippen molar-refractivity contribution in [3.8, 4) is 0 Å². The van der Waals surface area contributed by atoms with E-state index in [1.165, 1.54) is 16.0 Å². The molecule has 1 amide bonds. The highest BCUT2D eigenvalue weighted by Gasteiger charge is 2.27. The van der Waals surface area contributed by atoms with Crippen LogP contribution in [0.5, 0.6) is 0 Å². The molecule has 0 aliphatic carbocycles. The van der Waals surface area contributed by atoms with E-state index < -0.39 is 0 Å². The van der Waals surface area contributed by atoms with Crippen LogP contribution in [0.2, 0.25) is 0 Å². The van der Waals surface area contributed by atoms with Crippen LogP contribution in [0.1, 0.15) is 51.2 Å². The molecule has 0 bridgehead atoms. The molecule has 3 heterocycles. The van der Waals surface area contributed by atoms with Gasteiger partial charge >= 0.3 is 0 Å². The number of Topliss-reactive ketones (excluding diaryl/α,β-unsaturated/α-hetero) is 1. The highest BCUT2D eigenvalue weighted by Crippen LogP contribution is 2.33. The van der Waals surface area contributed by atoms with Crippen LogP contribution in [0.4, 0.5) is 0 Å². The molecule has 1 aromatic carbocycles. The molecule has 1 saturated heterocycles. The van der Waals surface area contributed by atoms with Gasteiger partial charge in [0.15, 0.2) is 5.78 Å². The lowest BCUT2D eigenvalue weighted by atomic mass is 9.98. The molecule has 1 atom stereocenters. The lowest BCUT2D eigenvalue weighted by Crippen LogP contribution is -2.39. The van der Waals surface area contributed by atoms with Gasteiger partial charge in [-0.2, -0.15) is 0 Å². The Morgan fingerprint density at radius 3 is 2.78 bits per heavy atom. The van der Waals surface area contributed by atoms with E-state index in [4.69, 9.17) is 4.98 Å². The second-order valence-corrected chi connectivity index (χ2v) is 9.38. The van der Waals surface area contributed by atoms with E-state index in [1.807, 2.05) is 42.2 Å². The Bertz CT molecular complexity index is 942. The summed E-state index contributed by atoms with van der Waals surface area (Å²) in [5, 5.41) is 1.12. The minimum Gasteiger partial charge on any atom is -0.342 e. The molecule has 0 N–H and O–H groups in total. The maximum absolute atomic E-state index is 12.6. The van der Waals surface area contributed by atoms with Gasteiger partial charge in [0.05, 0.1) is 20.1 Å². The van der Waals surface area contributed by atoms with Crippen LogP contribution < -0.4 is 0 Å². The summed E-state index contributed by atoms with van der Waals surface area (Å²) < 4.78 is 1.20. The predicted molar refractivity (Wildman–Crippen MR) is 111 cm³/mol. The van der Waals surface area contributed by atoms with Crippen molar-refractivity contribution in [2.24, 2.45) is 0 Å². The van der Waals surface area contributed by atoms with Gasteiger partial charge in [-0.3, -0.25) is 9.59 Å². The molecular formula is C21H22N2O2S2. The number of thiazole rings is 1. The monoisotopic (exact) mass is 398 g/mol. The molecule has 1 fully saturated rings. The van der Waals surface area contributed by atoms with Crippen molar-refractivity contribution < 1.29 is 9.59 Å². The molecule has 6 heteroatoms. The van der Waals surface area contributed by atoms with Gasteiger partial charge < -0.3 is 4.90 Å². The fraction of sp³-hybridized carbons (Fsp3) is 0.381. The number of carbonyl (C=O) groups is 2. The molecule has 0 radical (unpaired) electrons. The molecule has 0 spiro atoms. The number of fused-ring (bicyclic) bond motifs is 1. The average Bonchev–Trinajstić information content (AvgIpc) is 3.32. The van der Waals surface area contributed by atoms with E-state index in [0.717, 1.165) is 39.7 Å². The molecule has 2 aromatic heterocycles. The van der Waals surface area contributed by atoms with Crippen molar-refractivity contribution in [1.82, 2.24) is 9.88 Å². The van der Waals surface area contributed by atoms with Crippen molar-refractivity contribution in [3.63, 3.8) is 0 Å². The third kappa shape index (κ3) is 4.12. The highest BCUT2D eigenvalue weighted by molar-refractivity contribution is 7.18. The van der Waals surface area contributed by atoms with Crippen LogP contribution in [0.3, 0.4) is 0 Å². The molecule has 0 saturated carbocycles. The number of carbonyl (C=O) groups excluding carboxylic acids is 2. The molecule has 27 heavy (non-hydrogen) atoms. The molecular weight excluding hydrogens is 376 g/mol. The zero-order valence-corrected chi connectivity index (χ0v) is 16.9. The number of amides is 1. The summed E-state index contributed by atoms with van der Waals surface area (Å²) in [4.78, 5) is 33.5. The van der Waals surface area contributed by atoms with Crippen LogP contribution in [0.15, 0.2) is 36.4 Å². The van der Waals surface area contributed by atoms with Crippen LogP contribution >= 0.6 is 22.7 Å². The quantitative estimate of drug-likeness (QED) is 0.566. The lowest BCUT2D eigenvalue weighted by Gasteiger charge is -2.31. The van der Waals surface area contributed by atoms with E-state index >= 15 is 0 Å². The van der Waals surface area contributed by atoms with Gasteiger partial charge in [0, 0.05) is 36.7 Å². The van der Waals surface area contributed by atoms with E-state index in [-0.39, 0.29) is 11.7 Å². The number of benzene rings is 1. The number of piperidine rings is 1. The van der Waals surface area contributed by atoms with Gasteiger partial charge in [0.2, 0.25) is 5.91 Å². The number of hydrogen-bond donors (Lipinski definition) is 0. The molecule has 0 unspecified atom stereocenters. The second-order valence-electron chi connectivity index (χ2n) is 7.03. The SMILES string of the molecule is Cc1ccc(C(=O)CCC(=O)N2CCC[C@H](c3nc4ccccc4s3)C2)s1. The van der Waals surface area contributed by atoms with Gasteiger partial charge in [-0.1, -0.05) is 12.1 Å². The standard InChI is InChI=1S/C21H22N2O2S2/c1-14-8-10-19(26-14)17(24)9-11-20(25)23-12-4-5-15(13-23)21-22-16-6-2-3-7-18(16)27-21/h2-3,6-8,10,15H,4-5,9,11-13H2,1H3/t15-/m0/s1. The normalized spacial score (nSPS) is 17.4. The molecule has 1 aliphatic rings. The third-order valence-electron chi connectivity index (χ3n) is 5.01. The second kappa shape index (κ2) is 7.90. The van der Waals surface area contributed by atoms with Crippen LogP contribution in [-0.2, 0) is 4.79 Å².